The molecule has 0 saturated carbocycles. The molecule has 122 valence electrons. The van der Waals surface area contributed by atoms with Crippen molar-refractivity contribution in [1.82, 2.24) is 14.5 Å². The molecule has 0 aliphatic carbocycles. The van der Waals surface area contributed by atoms with Gasteiger partial charge in [-0.3, -0.25) is 0 Å². The Morgan fingerprint density at radius 2 is 2.05 bits per heavy atom. The highest BCUT2D eigenvalue weighted by Crippen LogP contribution is 2.30. The molecule has 0 N–H and O–H groups in total. The third-order valence-corrected chi connectivity index (χ3v) is 5.81. The van der Waals surface area contributed by atoms with E-state index in [-0.39, 0.29) is 5.28 Å². The number of hydrogen-bond donors (Lipinski definition) is 0. The van der Waals surface area contributed by atoms with E-state index in [1.807, 2.05) is 17.7 Å². The van der Waals surface area contributed by atoms with E-state index in [1.165, 1.54) is 0 Å². The van der Waals surface area contributed by atoms with Gasteiger partial charge in [0.15, 0.2) is 5.65 Å². The maximum absolute atomic E-state index is 6.01. The number of nitrogens with zero attached hydrogens (tertiary/aromatic N) is 3. The van der Waals surface area contributed by atoms with Gasteiger partial charge in [0.25, 0.3) is 0 Å². The van der Waals surface area contributed by atoms with Crippen LogP contribution in [-0.2, 0) is 11.5 Å². The molecule has 0 bridgehead atoms. The molecule has 8 heteroatoms. The Labute approximate surface area is 150 Å². The lowest BCUT2D eigenvalue weighted by Gasteiger charge is -2.15. The fourth-order valence-corrected chi connectivity index (χ4v) is 3.69. The summed E-state index contributed by atoms with van der Waals surface area (Å²) in [5.74, 6) is 0.530. The van der Waals surface area contributed by atoms with Crippen LogP contribution in [0.15, 0.2) is 6.20 Å². The molecule has 0 fully saturated rings. The van der Waals surface area contributed by atoms with Crippen LogP contribution < -0.4 is 4.74 Å². The van der Waals surface area contributed by atoms with Crippen molar-refractivity contribution in [1.29, 1.82) is 0 Å². The molecular formula is C14H21ClIN3O2Si. The molecule has 0 saturated heterocycles. The summed E-state index contributed by atoms with van der Waals surface area (Å²) in [7, 11) is -1.07. The lowest BCUT2D eigenvalue weighted by molar-refractivity contribution is 0.0898. The topological polar surface area (TPSA) is 49.2 Å². The van der Waals surface area contributed by atoms with Crippen LogP contribution in [0.4, 0.5) is 0 Å². The van der Waals surface area contributed by atoms with E-state index in [2.05, 4.69) is 52.2 Å². The molecule has 22 heavy (non-hydrogen) atoms. The van der Waals surface area contributed by atoms with Crippen LogP contribution in [0.25, 0.3) is 11.0 Å². The Kier molecular flexibility index (Phi) is 6.09. The predicted molar refractivity (Wildman–Crippen MR) is 101 cm³/mol. The lowest BCUT2D eigenvalue weighted by Crippen LogP contribution is -2.22. The highest BCUT2D eigenvalue weighted by atomic mass is 127. The van der Waals surface area contributed by atoms with E-state index >= 15 is 0 Å². The normalized spacial score (nSPS) is 12.1. The number of fused-ring (bicyclic) bond motifs is 1. The van der Waals surface area contributed by atoms with Gasteiger partial charge >= 0.3 is 0 Å². The molecule has 0 atom stereocenters. The number of hydrogen-bond acceptors (Lipinski definition) is 4. The summed E-state index contributed by atoms with van der Waals surface area (Å²) in [5.41, 5.74) is 0.751. The summed E-state index contributed by atoms with van der Waals surface area (Å²) in [6.45, 7) is 10.7. The number of ether oxygens (including phenoxy) is 2. The predicted octanol–water partition coefficient (Wildman–Crippen LogP) is 4.40. The molecule has 0 spiro atoms. The SMILES string of the molecule is CCOc1nc(Cl)nc2c1c(I)cn2COCC[Si](C)(C)C. The second-order valence-electron chi connectivity index (χ2n) is 6.22. The Morgan fingerprint density at radius 3 is 2.68 bits per heavy atom. The summed E-state index contributed by atoms with van der Waals surface area (Å²) in [6, 6.07) is 1.14. The number of rotatable bonds is 7. The molecular weight excluding hydrogens is 433 g/mol. The summed E-state index contributed by atoms with van der Waals surface area (Å²) in [4.78, 5) is 8.50. The molecule has 0 aromatic carbocycles. The van der Waals surface area contributed by atoms with Gasteiger partial charge in [-0.15, -0.1) is 0 Å². The van der Waals surface area contributed by atoms with Crippen LogP contribution in [0.1, 0.15) is 6.92 Å². The van der Waals surface area contributed by atoms with E-state index < -0.39 is 8.07 Å². The number of aromatic nitrogens is 3. The van der Waals surface area contributed by atoms with E-state index in [0.29, 0.717) is 19.2 Å². The lowest BCUT2D eigenvalue weighted by atomic mass is 10.4. The standard InChI is InChI=1S/C14H21ClIN3O2Si/c1-5-21-13-11-10(16)8-19(12(11)17-14(15)18-13)9-20-6-7-22(2,3)4/h8H,5-7,9H2,1-4H3. The molecule has 2 aromatic heterocycles. The van der Waals surface area contributed by atoms with Crippen LogP contribution in [0.2, 0.25) is 31.0 Å². The summed E-state index contributed by atoms with van der Waals surface area (Å²) < 4.78 is 14.4. The Morgan fingerprint density at radius 1 is 1.32 bits per heavy atom. The quantitative estimate of drug-likeness (QED) is 0.270. The summed E-state index contributed by atoms with van der Waals surface area (Å²) >= 11 is 8.27. The zero-order valence-electron chi connectivity index (χ0n) is 13.3. The van der Waals surface area contributed by atoms with Crippen molar-refractivity contribution < 1.29 is 9.47 Å². The van der Waals surface area contributed by atoms with Crippen molar-refractivity contribution in [3.63, 3.8) is 0 Å². The maximum Gasteiger partial charge on any atom is 0.228 e. The first-order valence-electron chi connectivity index (χ1n) is 7.24. The Hall–Kier alpha value is -0.383. The van der Waals surface area contributed by atoms with Crippen LogP contribution >= 0.6 is 34.2 Å². The third-order valence-electron chi connectivity index (χ3n) is 3.12. The second-order valence-corrected chi connectivity index (χ2v) is 13.3. The summed E-state index contributed by atoms with van der Waals surface area (Å²) in [5, 5.41) is 1.08. The van der Waals surface area contributed by atoms with Crippen molar-refractivity contribution in [2.24, 2.45) is 0 Å². The fraction of sp³-hybridized carbons (Fsp3) is 0.571. The van der Waals surface area contributed by atoms with E-state index in [4.69, 9.17) is 21.1 Å². The van der Waals surface area contributed by atoms with Crippen molar-refractivity contribution in [2.45, 2.75) is 39.3 Å². The van der Waals surface area contributed by atoms with Gasteiger partial charge in [-0.1, -0.05) is 19.6 Å². The minimum atomic E-state index is -1.07. The van der Waals surface area contributed by atoms with E-state index in [9.17, 15) is 0 Å². The molecule has 2 heterocycles. The van der Waals surface area contributed by atoms with Crippen molar-refractivity contribution in [3.8, 4) is 5.88 Å². The van der Waals surface area contributed by atoms with Crippen molar-refractivity contribution in [2.75, 3.05) is 13.2 Å². The Bertz CT molecular complexity index is 658. The largest absolute Gasteiger partial charge is 0.477 e. The minimum Gasteiger partial charge on any atom is -0.477 e. The van der Waals surface area contributed by atoms with E-state index in [1.54, 1.807) is 0 Å². The first-order valence-corrected chi connectivity index (χ1v) is 12.4. The van der Waals surface area contributed by atoms with Gasteiger partial charge in [-0.25, -0.2) is 0 Å². The molecule has 0 aliphatic heterocycles. The maximum atomic E-state index is 6.01. The first-order chi connectivity index (χ1) is 10.3. The van der Waals surface area contributed by atoms with Crippen molar-refractivity contribution >= 4 is 53.3 Å². The van der Waals surface area contributed by atoms with Crippen LogP contribution in [0, 0.1) is 3.57 Å². The summed E-state index contributed by atoms with van der Waals surface area (Å²) in [6.07, 6.45) is 1.99. The number of halogens is 2. The highest BCUT2D eigenvalue weighted by molar-refractivity contribution is 14.1. The average molecular weight is 454 g/mol. The first kappa shape index (κ1) is 18.0. The van der Waals surface area contributed by atoms with Gasteiger partial charge in [0, 0.05) is 24.4 Å². The zero-order valence-corrected chi connectivity index (χ0v) is 17.2. The smallest absolute Gasteiger partial charge is 0.228 e. The average Bonchev–Trinajstić information content (AvgIpc) is 2.70. The fourth-order valence-electron chi connectivity index (χ4n) is 1.96. The van der Waals surface area contributed by atoms with Gasteiger partial charge in [-0.2, -0.15) is 9.97 Å². The zero-order chi connectivity index (χ0) is 16.3. The molecule has 0 amide bonds. The molecule has 0 aliphatic rings. The molecule has 2 aromatic rings. The van der Waals surface area contributed by atoms with Gasteiger partial charge in [0.05, 0.1) is 12.0 Å². The van der Waals surface area contributed by atoms with Crippen LogP contribution in [0.3, 0.4) is 0 Å². The van der Waals surface area contributed by atoms with E-state index in [0.717, 1.165) is 27.3 Å². The second kappa shape index (κ2) is 7.46. The van der Waals surface area contributed by atoms with Crippen LogP contribution in [-0.4, -0.2) is 35.8 Å². The molecule has 0 radical (unpaired) electrons. The molecule has 2 rings (SSSR count). The third kappa shape index (κ3) is 4.56. The molecule has 0 unspecified atom stereocenters. The Balaban J connectivity index is 2.20. The van der Waals surface area contributed by atoms with Gasteiger partial charge in [0.1, 0.15) is 6.73 Å². The van der Waals surface area contributed by atoms with Crippen molar-refractivity contribution in [3.05, 3.63) is 15.1 Å². The van der Waals surface area contributed by atoms with Crippen LogP contribution in [0.5, 0.6) is 5.88 Å². The highest BCUT2D eigenvalue weighted by Gasteiger charge is 2.17. The molecule has 5 nitrogen and oxygen atoms in total. The minimum absolute atomic E-state index is 0.189. The van der Waals surface area contributed by atoms with Gasteiger partial charge in [0.2, 0.25) is 11.2 Å². The van der Waals surface area contributed by atoms with Gasteiger partial charge in [-0.05, 0) is 47.2 Å². The van der Waals surface area contributed by atoms with Gasteiger partial charge < -0.3 is 14.0 Å². The monoisotopic (exact) mass is 453 g/mol.